The molecule has 5 heteroatoms. The van der Waals surface area contributed by atoms with Crippen molar-refractivity contribution in [2.45, 2.75) is 0 Å². The lowest BCUT2D eigenvalue weighted by Crippen LogP contribution is -2.43. The van der Waals surface area contributed by atoms with Crippen molar-refractivity contribution in [3.05, 3.63) is 55.0 Å². The second-order valence-electron chi connectivity index (χ2n) is 6.45. The molecule has 0 amide bonds. The molecule has 1 saturated heterocycles. The lowest BCUT2D eigenvalue weighted by molar-refractivity contribution is 0.585. The Morgan fingerprint density at radius 2 is 1.72 bits per heavy atom. The summed E-state index contributed by atoms with van der Waals surface area (Å²) in [5.41, 5.74) is 4.56. The summed E-state index contributed by atoms with van der Waals surface area (Å²) in [6.45, 7) is 4.08. The normalized spacial score (nSPS) is 15.1. The van der Waals surface area contributed by atoms with Gasteiger partial charge in [0.2, 0.25) is 0 Å². The Labute approximate surface area is 145 Å². The SMILES string of the molecule is c1cc2[nH]c3cc(-c4ccc(N5CCNCC5)nc4)ccc3c2cn1. The highest BCUT2D eigenvalue weighted by molar-refractivity contribution is 6.07. The number of rotatable bonds is 2. The van der Waals surface area contributed by atoms with Gasteiger partial charge in [0.1, 0.15) is 5.82 Å². The third-order valence-electron chi connectivity index (χ3n) is 4.92. The van der Waals surface area contributed by atoms with Crippen LogP contribution in [0.1, 0.15) is 0 Å². The topological polar surface area (TPSA) is 56.8 Å². The van der Waals surface area contributed by atoms with Crippen LogP contribution in [0.3, 0.4) is 0 Å². The molecule has 1 fully saturated rings. The number of nitrogens with one attached hydrogen (secondary N) is 2. The molecule has 25 heavy (non-hydrogen) atoms. The van der Waals surface area contributed by atoms with E-state index in [2.05, 4.69) is 55.5 Å². The molecule has 0 saturated carbocycles. The number of hydrogen-bond donors (Lipinski definition) is 2. The first-order chi connectivity index (χ1) is 12.4. The summed E-state index contributed by atoms with van der Waals surface area (Å²) in [4.78, 5) is 14.7. The monoisotopic (exact) mass is 329 g/mol. The molecule has 0 unspecified atom stereocenters. The van der Waals surface area contributed by atoms with Gasteiger partial charge in [0.15, 0.2) is 0 Å². The number of nitrogens with zero attached hydrogens (tertiary/aromatic N) is 3. The fourth-order valence-corrected chi connectivity index (χ4v) is 3.56. The van der Waals surface area contributed by atoms with E-state index in [1.54, 1.807) is 0 Å². The van der Waals surface area contributed by atoms with Crippen LogP contribution in [0.15, 0.2) is 55.0 Å². The summed E-state index contributed by atoms with van der Waals surface area (Å²) >= 11 is 0. The standard InChI is InChI=1S/C20H19N5/c1-3-16-17-13-22-6-5-18(17)24-19(16)11-14(1)15-2-4-20(23-12-15)25-9-7-21-8-10-25/h1-6,11-13,21,24H,7-10H2. The van der Waals surface area contributed by atoms with Crippen LogP contribution in [0.4, 0.5) is 5.82 Å². The van der Waals surface area contributed by atoms with Crippen LogP contribution in [-0.2, 0) is 0 Å². The van der Waals surface area contributed by atoms with Gasteiger partial charge in [-0.15, -0.1) is 0 Å². The van der Waals surface area contributed by atoms with Crippen LogP contribution in [0.25, 0.3) is 32.9 Å². The Balaban J connectivity index is 1.50. The maximum atomic E-state index is 4.68. The van der Waals surface area contributed by atoms with Crippen molar-refractivity contribution in [3.63, 3.8) is 0 Å². The Bertz CT molecular complexity index is 1030. The van der Waals surface area contributed by atoms with Crippen molar-refractivity contribution < 1.29 is 0 Å². The molecule has 0 spiro atoms. The molecule has 0 atom stereocenters. The minimum atomic E-state index is 1.02. The zero-order valence-electron chi connectivity index (χ0n) is 13.9. The van der Waals surface area contributed by atoms with E-state index in [1.807, 2.05) is 24.7 Å². The summed E-state index contributed by atoms with van der Waals surface area (Å²) in [6, 6.07) is 12.8. The number of H-pyrrole nitrogens is 1. The van der Waals surface area contributed by atoms with Crippen molar-refractivity contribution >= 4 is 27.6 Å². The number of hydrogen-bond acceptors (Lipinski definition) is 4. The van der Waals surface area contributed by atoms with E-state index >= 15 is 0 Å². The summed E-state index contributed by atoms with van der Waals surface area (Å²) in [5, 5.41) is 5.74. The first-order valence-electron chi connectivity index (χ1n) is 8.66. The quantitative estimate of drug-likeness (QED) is 0.593. The molecule has 4 heterocycles. The molecule has 4 aromatic rings. The molecule has 124 valence electrons. The number of anilines is 1. The second kappa shape index (κ2) is 5.86. The Morgan fingerprint density at radius 3 is 2.56 bits per heavy atom. The highest BCUT2D eigenvalue weighted by Crippen LogP contribution is 2.29. The zero-order valence-corrected chi connectivity index (χ0v) is 13.9. The molecular formula is C20H19N5. The lowest BCUT2D eigenvalue weighted by atomic mass is 10.1. The van der Waals surface area contributed by atoms with Gasteiger partial charge in [-0.25, -0.2) is 4.98 Å². The number of aromatic amines is 1. The minimum Gasteiger partial charge on any atom is -0.354 e. The van der Waals surface area contributed by atoms with Gasteiger partial charge in [0.25, 0.3) is 0 Å². The van der Waals surface area contributed by atoms with Crippen molar-refractivity contribution in [3.8, 4) is 11.1 Å². The average Bonchev–Trinajstić information content (AvgIpc) is 3.06. The van der Waals surface area contributed by atoms with Gasteiger partial charge in [-0.1, -0.05) is 12.1 Å². The van der Waals surface area contributed by atoms with Gasteiger partial charge >= 0.3 is 0 Å². The fraction of sp³-hybridized carbons (Fsp3) is 0.200. The smallest absolute Gasteiger partial charge is 0.128 e. The van der Waals surface area contributed by atoms with E-state index in [0.717, 1.165) is 54.0 Å². The van der Waals surface area contributed by atoms with Crippen LogP contribution in [-0.4, -0.2) is 41.1 Å². The summed E-state index contributed by atoms with van der Waals surface area (Å²) in [5.74, 6) is 1.06. The molecule has 0 bridgehead atoms. The average molecular weight is 329 g/mol. The molecule has 5 rings (SSSR count). The molecule has 0 aliphatic carbocycles. The van der Waals surface area contributed by atoms with E-state index in [-0.39, 0.29) is 0 Å². The first kappa shape index (κ1) is 14.4. The fourth-order valence-electron chi connectivity index (χ4n) is 3.56. The lowest BCUT2D eigenvalue weighted by Gasteiger charge is -2.28. The minimum absolute atomic E-state index is 1.02. The van der Waals surface area contributed by atoms with Crippen LogP contribution in [0, 0.1) is 0 Å². The van der Waals surface area contributed by atoms with E-state index in [0.29, 0.717) is 0 Å². The van der Waals surface area contributed by atoms with Crippen molar-refractivity contribution in [2.75, 3.05) is 31.1 Å². The van der Waals surface area contributed by atoms with Crippen molar-refractivity contribution in [1.82, 2.24) is 20.3 Å². The number of aromatic nitrogens is 3. The molecular weight excluding hydrogens is 310 g/mol. The van der Waals surface area contributed by atoms with Crippen molar-refractivity contribution in [1.29, 1.82) is 0 Å². The predicted molar refractivity (Wildman–Crippen MR) is 102 cm³/mol. The highest BCUT2D eigenvalue weighted by Gasteiger charge is 2.12. The largest absolute Gasteiger partial charge is 0.354 e. The molecule has 1 aromatic carbocycles. The third-order valence-corrected chi connectivity index (χ3v) is 4.92. The molecule has 1 aliphatic rings. The number of fused-ring (bicyclic) bond motifs is 3. The molecule has 3 aromatic heterocycles. The van der Waals surface area contributed by atoms with Crippen LogP contribution in [0.2, 0.25) is 0 Å². The Kier molecular flexibility index (Phi) is 3.38. The summed E-state index contributed by atoms with van der Waals surface area (Å²) < 4.78 is 0. The zero-order chi connectivity index (χ0) is 16.6. The highest BCUT2D eigenvalue weighted by atomic mass is 15.2. The van der Waals surface area contributed by atoms with Crippen LogP contribution in [0.5, 0.6) is 0 Å². The van der Waals surface area contributed by atoms with Crippen molar-refractivity contribution in [2.24, 2.45) is 0 Å². The number of pyridine rings is 2. The second-order valence-corrected chi connectivity index (χ2v) is 6.45. The van der Waals surface area contributed by atoms with E-state index in [4.69, 9.17) is 0 Å². The van der Waals surface area contributed by atoms with Gasteiger partial charge < -0.3 is 15.2 Å². The molecule has 2 N–H and O–H groups in total. The van der Waals surface area contributed by atoms with Gasteiger partial charge in [-0.05, 0) is 29.8 Å². The van der Waals surface area contributed by atoms with Crippen LogP contribution >= 0.6 is 0 Å². The van der Waals surface area contributed by atoms with Gasteiger partial charge in [0, 0.05) is 72.1 Å². The molecule has 5 nitrogen and oxygen atoms in total. The molecule has 1 aliphatic heterocycles. The Morgan fingerprint density at radius 1 is 0.840 bits per heavy atom. The van der Waals surface area contributed by atoms with Gasteiger partial charge in [-0.2, -0.15) is 0 Å². The summed E-state index contributed by atoms with van der Waals surface area (Å²) in [7, 11) is 0. The maximum Gasteiger partial charge on any atom is 0.128 e. The maximum absolute atomic E-state index is 4.68. The van der Waals surface area contributed by atoms with Gasteiger partial charge in [0.05, 0.1) is 0 Å². The first-order valence-corrected chi connectivity index (χ1v) is 8.66. The summed E-state index contributed by atoms with van der Waals surface area (Å²) in [6.07, 6.45) is 5.71. The molecule has 0 radical (unpaired) electrons. The number of piperazine rings is 1. The Hall–Kier alpha value is -2.92. The van der Waals surface area contributed by atoms with Gasteiger partial charge in [-0.3, -0.25) is 4.98 Å². The third kappa shape index (κ3) is 2.53. The number of benzene rings is 1. The van der Waals surface area contributed by atoms with E-state index in [9.17, 15) is 0 Å². The van der Waals surface area contributed by atoms with E-state index < -0.39 is 0 Å². The van der Waals surface area contributed by atoms with Crippen LogP contribution < -0.4 is 10.2 Å². The van der Waals surface area contributed by atoms with E-state index in [1.165, 1.54) is 10.9 Å². The predicted octanol–water partition coefficient (Wildman–Crippen LogP) is 3.19.